The second-order valence-electron chi connectivity index (χ2n) is 2.71. The Balaban J connectivity index is 2.55. The van der Waals surface area contributed by atoms with Crippen LogP contribution in [-0.4, -0.2) is 9.97 Å². The van der Waals surface area contributed by atoms with Gasteiger partial charge in [0.1, 0.15) is 5.69 Å². The molecule has 0 unspecified atom stereocenters. The van der Waals surface area contributed by atoms with Crippen LogP contribution in [0.2, 0.25) is 5.02 Å². The summed E-state index contributed by atoms with van der Waals surface area (Å²) in [5.41, 5.74) is 0.845. The van der Waals surface area contributed by atoms with Gasteiger partial charge in [0.2, 0.25) is 5.95 Å². The van der Waals surface area contributed by atoms with E-state index in [4.69, 9.17) is 11.6 Å². The van der Waals surface area contributed by atoms with Crippen molar-refractivity contribution in [1.82, 2.24) is 9.97 Å². The molecule has 14 heavy (non-hydrogen) atoms. The highest BCUT2D eigenvalue weighted by Gasteiger charge is 2.06. The van der Waals surface area contributed by atoms with Crippen LogP contribution in [0.15, 0.2) is 36.7 Å². The first kappa shape index (κ1) is 9.09. The lowest BCUT2D eigenvalue weighted by Gasteiger charge is -2.00. The predicted molar refractivity (Wildman–Crippen MR) is 52.4 cm³/mol. The van der Waals surface area contributed by atoms with Crippen molar-refractivity contribution in [3.05, 3.63) is 47.6 Å². The van der Waals surface area contributed by atoms with Crippen molar-refractivity contribution in [3.63, 3.8) is 0 Å². The zero-order valence-electron chi connectivity index (χ0n) is 7.11. The fraction of sp³-hybridized carbons (Fsp3) is 0. The molecular weight excluding hydrogens is 203 g/mol. The van der Waals surface area contributed by atoms with Gasteiger partial charge in [0.25, 0.3) is 0 Å². The molecule has 0 N–H and O–H groups in total. The van der Waals surface area contributed by atoms with E-state index in [0.29, 0.717) is 10.6 Å². The largest absolute Gasteiger partial charge is 0.250 e. The van der Waals surface area contributed by atoms with Gasteiger partial charge in [0, 0.05) is 23.0 Å². The molecule has 4 heteroatoms. The zero-order valence-corrected chi connectivity index (χ0v) is 7.87. The van der Waals surface area contributed by atoms with E-state index >= 15 is 0 Å². The third kappa shape index (κ3) is 1.72. The molecule has 1 aromatic heterocycles. The highest BCUT2D eigenvalue weighted by molar-refractivity contribution is 6.30. The highest BCUT2D eigenvalue weighted by Crippen LogP contribution is 2.21. The SMILES string of the molecule is Fc1nccnc1-c1cccc(Cl)c1. The van der Waals surface area contributed by atoms with Crippen LogP contribution in [0.1, 0.15) is 0 Å². The summed E-state index contributed by atoms with van der Waals surface area (Å²) in [6, 6.07) is 6.85. The molecule has 2 nitrogen and oxygen atoms in total. The van der Waals surface area contributed by atoms with Crippen molar-refractivity contribution in [3.8, 4) is 11.3 Å². The normalized spacial score (nSPS) is 10.1. The zero-order chi connectivity index (χ0) is 9.97. The van der Waals surface area contributed by atoms with Crippen LogP contribution >= 0.6 is 11.6 Å². The molecule has 1 heterocycles. The van der Waals surface area contributed by atoms with Crippen LogP contribution in [0.5, 0.6) is 0 Å². The average Bonchev–Trinajstić information content (AvgIpc) is 2.18. The molecule has 0 radical (unpaired) electrons. The van der Waals surface area contributed by atoms with Gasteiger partial charge in [-0.15, -0.1) is 0 Å². The van der Waals surface area contributed by atoms with Gasteiger partial charge in [-0.2, -0.15) is 4.39 Å². The van der Waals surface area contributed by atoms with Crippen molar-refractivity contribution in [1.29, 1.82) is 0 Å². The number of rotatable bonds is 1. The fourth-order valence-electron chi connectivity index (χ4n) is 1.15. The summed E-state index contributed by atoms with van der Waals surface area (Å²) in [6.45, 7) is 0. The quantitative estimate of drug-likeness (QED) is 0.720. The lowest BCUT2D eigenvalue weighted by molar-refractivity contribution is 0.581. The van der Waals surface area contributed by atoms with Gasteiger partial charge in [0.15, 0.2) is 0 Å². The van der Waals surface area contributed by atoms with Crippen LogP contribution < -0.4 is 0 Å². The fourth-order valence-corrected chi connectivity index (χ4v) is 1.34. The van der Waals surface area contributed by atoms with Crippen LogP contribution in [0.4, 0.5) is 4.39 Å². The summed E-state index contributed by atoms with van der Waals surface area (Å²) in [5.74, 6) is -0.588. The number of hydrogen-bond acceptors (Lipinski definition) is 2. The van der Waals surface area contributed by atoms with Gasteiger partial charge in [-0.05, 0) is 12.1 Å². The van der Waals surface area contributed by atoms with E-state index in [1.807, 2.05) is 0 Å². The molecule has 2 rings (SSSR count). The molecule has 0 amide bonds. The Morgan fingerprint density at radius 3 is 2.64 bits per heavy atom. The highest BCUT2D eigenvalue weighted by atomic mass is 35.5. The Morgan fingerprint density at radius 2 is 1.93 bits per heavy atom. The van der Waals surface area contributed by atoms with Gasteiger partial charge in [0.05, 0.1) is 0 Å². The minimum atomic E-state index is -0.588. The van der Waals surface area contributed by atoms with Crippen molar-refractivity contribution >= 4 is 11.6 Å². The topological polar surface area (TPSA) is 25.8 Å². The van der Waals surface area contributed by atoms with Crippen molar-refractivity contribution < 1.29 is 4.39 Å². The van der Waals surface area contributed by atoms with Crippen molar-refractivity contribution in [2.24, 2.45) is 0 Å². The number of hydrogen-bond donors (Lipinski definition) is 0. The standard InChI is InChI=1S/C10H6ClFN2/c11-8-3-1-2-7(6-8)9-10(12)14-5-4-13-9/h1-6H. The molecule has 0 spiro atoms. The molecule has 0 aliphatic carbocycles. The van der Waals surface area contributed by atoms with E-state index in [9.17, 15) is 4.39 Å². The molecule has 0 fully saturated rings. The minimum Gasteiger partial charge on any atom is -0.250 e. The third-order valence-electron chi connectivity index (χ3n) is 1.75. The monoisotopic (exact) mass is 208 g/mol. The molecule has 1 aromatic carbocycles. The predicted octanol–water partition coefficient (Wildman–Crippen LogP) is 2.94. The van der Waals surface area contributed by atoms with Crippen molar-refractivity contribution in [2.45, 2.75) is 0 Å². The van der Waals surface area contributed by atoms with Gasteiger partial charge < -0.3 is 0 Å². The summed E-state index contributed by atoms with van der Waals surface area (Å²) >= 11 is 5.78. The third-order valence-corrected chi connectivity index (χ3v) is 1.99. The van der Waals surface area contributed by atoms with Gasteiger partial charge in [-0.3, -0.25) is 0 Å². The maximum absolute atomic E-state index is 13.2. The summed E-state index contributed by atoms with van der Waals surface area (Å²) in [7, 11) is 0. The Morgan fingerprint density at radius 1 is 1.14 bits per heavy atom. The van der Waals surface area contributed by atoms with E-state index in [1.54, 1.807) is 24.3 Å². The second kappa shape index (κ2) is 3.72. The molecule has 0 aliphatic rings. The molecule has 2 aromatic rings. The lowest BCUT2D eigenvalue weighted by atomic mass is 10.1. The van der Waals surface area contributed by atoms with E-state index < -0.39 is 5.95 Å². The number of benzene rings is 1. The lowest BCUT2D eigenvalue weighted by Crippen LogP contribution is -1.91. The number of aromatic nitrogens is 2. The van der Waals surface area contributed by atoms with E-state index in [0.717, 1.165) is 0 Å². The van der Waals surface area contributed by atoms with E-state index in [1.165, 1.54) is 12.4 Å². The number of nitrogens with zero attached hydrogens (tertiary/aromatic N) is 2. The van der Waals surface area contributed by atoms with E-state index in [-0.39, 0.29) is 5.69 Å². The smallest absolute Gasteiger partial charge is 0.239 e. The first-order valence-electron chi connectivity index (χ1n) is 4.00. The summed E-state index contributed by atoms with van der Waals surface area (Å²) < 4.78 is 13.2. The maximum Gasteiger partial charge on any atom is 0.239 e. The van der Waals surface area contributed by atoms with Crippen LogP contribution in [-0.2, 0) is 0 Å². The first-order chi connectivity index (χ1) is 6.77. The first-order valence-corrected chi connectivity index (χ1v) is 4.37. The molecule has 0 aliphatic heterocycles. The minimum absolute atomic E-state index is 0.218. The Bertz CT molecular complexity index is 459. The van der Waals surface area contributed by atoms with Crippen LogP contribution in [0.25, 0.3) is 11.3 Å². The molecule has 0 saturated carbocycles. The summed E-state index contributed by atoms with van der Waals surface area (Å²) in [5, 5.41) is 0.549. The molecule has 0 atom stereocenters. The van der Waals surface area contributed by atoms with Crippen molar-refractivity contribution in [2.75, 3.05) is 0 Å². The van der Waals surface area contributed by atoms with Gasteiger partial charge in [-0.25, -0.2) is 9.97 Å². The molecule has 0 bridgehead atoms. The van der Waals surface area contributed by atoms with Gasteiger partial charge in [-0.1, -0.05) is 23.7 Å². The molecule has 70 valence electrons. The Hall–Kier alpha value is -1.48. The van der Waals surface area contributed by atoms with Crippen LogP contribution in [0.3, 0.4) is 0 Å². The Labute approximate surface area is 85.4 Å². The summed E-state index contributed by atoms with van der Waals surface area (Å²) in [4.78, 5) is 7.41. The summed E-state index contributed by atoms with van der Waals surface area (Å²) in [6.07, 6.45) is 2.75. The number of halogens is 2. The maximum atomic E-state index is 13.2. The second-order valence-corrected chi connectivity index (χ2v) is 3.14. The average molecular weight is 209 g/mol. The van der Waals surface area contributed by atoms with E-state index in [2.05, 4.69) is 9.97 Å². The Kier molecular flexibility index (Phi) is 2.41. The van der Waals surface area contributed by atoms with Crippen LogP contribution in [0, 0.1) is 5.95 Å². The van der Waals surface area contributed by atoms with Gasteiger partial charge >= 0.3 is 0 Å². The molecule has 0 saturated heterocycles. The molecular formula is C10H6ClFN2.